The molecule has 5 nitrogen and oxygen atoms in total. The summed E-state index contributed by atoms with van der Waals surface area (Å²) < 4.78 is 10.4. The lowest BCUT2D eigenvalue weighted by molar-refractivity contribution is -0.140. The Morgan fingerprint density at radius 3 is 2.64 bits per heavy atom. The second-order valence-electron chi connectivity index (χ2n) is 8.08. The number of esters is 1. The lowest BCUT2D eigenvalue weighted by atomic mass is 9.68. The average Bonchev–Trinajstić information content (AvgIpc) is 2.60. The first-order valence-electron chi connectivity index (χ1n) is 9.39. The highest BCUT2D eigenvalue weighted by Gasteiger charge is 2.43. The first kappa shape index (κ1) is 20.6. The largest absolute Gasteiger partial charge is 0.460 e. The van der Waals surface area contributed by atoms with Crippen molar-refractivity contribution in [1.29, 1.82) is 0 Å². The molecular formula is C22H26ClNO4. The van der Waals surface area contributed by atoms with Gasteiger partial charge in [0.15, 0.2) is 5.78 Å². The van der Waals surface area contributed by atoms with Crippen molar-refractivity contribution >= 4 is 23.4 Å². The van der Waals surface area contributed by atoms with Crippen molar-refractivity contribution in [3.8, 4) is 0 Å². The van der Waals surface area contributed by atoms with E-state index in [2.05, 4.69) is 19.2 Å². The molecule has 28 heavy (non-hydrogen) atoms. The van der Waals surface area contributed by atoms with Crippen molar-refractivity contribution in [1.82, 2.24) is 5.32 Å². The second kappa shape index (κ2) is 8.10. The van der Waals surface area contributed by atoms with Gasteiger partial charge in [0.05, 0.1) is 12.2 Å². The smallest absolute Gasteiger partial charge is 0.336 e. The standard InChI is InChI=1S/C22H26ClNO4/c1-13-18(21(26)28-10-9-27-4)19(14-7-5-6-8-15(14)23)20-16(24-13)11-22(2,3)12-17(20)25/h5-8,19,24H,9-12H2,1-4H3. The molecule has 0 spiro atoms. The van der Waals surface area contributed by atoms with Crippen LogP contribution in [0.1, 0.15) is 45.1 Å². The quantitative estimate of drug-likeness (QED) is 0.591. The first-order valence-corrected chi connectivity index (χ1v) is 9.77. The Morgan fingerprint density at radius 2 is 1.96 bits per heavy atom. The molecule has 1 atom stereocenters. The summed E-state index contributed by atoms with van der Waals surface area (Å²) in [7, 11) is 1.55. The number of benzene rings is 1. The van der Waals surface area contributed by atoms with Gasteiger partial charge in [0.25, 0.3) is 0 Å². The fourth-order valence-corrected chi connectivity index (χ4v) is 4.27. The van der Waals surface area contributed by atoms with Crippen molar-refractivity contribution < 1.29 is 19.1 Å². The molecule has 1 aliphatic heterocycles. The number of rotatable bonds is 5. The zero-order chi connectivity index (χ0) is 20.5. The van der Waals surface area contributed by atoms with Gasteiger partial charge in [-0.15, -0.1) is 0 Å². The van der Waals surface area contributed by atoms with Gasteiger partial charge in [0.2, 0.25) is 0 Å². The summed E-state index contributed by atoms with van der Waals surface area (Å²) in [6.07, 6.45) is 1.16. The second-order valence-corrected chi connectivity index (χ2v) is 8.49. The summed E-state index contributed by atoms with van der Waals surface area (Å²) in [6, 6.07) is 7.34. The predicted molar refractivity (Wildman–Crippen MR) is 108 cm³/mol. The van der Waals surface area contributed by atoms with Crippen molar-refractivity contribution in [2.75, 3.05) is 20.3 Å². The van der Waals surface area contributed by atoms with E-state index in [4.69, 9.17) is 21.1 Å². The number of dihydropyridines is 1. The molecule has 3 rings (SSSR count). The lowest BCUT2D eigenvalue weighted by Gasteiger charge is -2.39. The zero-order valence-electron chi connectivity index (χ0n) is 16.7. The molecule has 2 aliphatic rings. The molecule has 0 saturated carbocycles. The van der Waals surface area contributed by atoms with Gasteiger partial charge < -0.3 is 14.8 Å². The minimum Gasteiger partial charge on any atom is -0.460 e. The van der Waals surface area contributed by atoms with Crippen LogP contribution >= 0.6 is 11.6 Å². The monoisotopic (exact) mass is 403 g/mol. The molecule has 1 aromatic carbocycles. The zero-order valence-corrected chi connectivity index (χ0v) is 17.5. The molecule has 1 N–H and O–H groups in total. The molecule has 1 heterocycles. The Hall–Kier alpha value is -2.11. The summed E-state index contributed by atoms with van der Waals surface area (Å²) >= 11 is 6.49. The Kier molecular flexibility index (Phi) is 5.96. The summed E-state index contributed by atoms with van der Waals surface area (Å²) in [6.45, 7) is 6.45. The van der Waals surface area contributed by atoms with Gasteiger partial charge in [-0.1, -0.05) is 43.6 Å². The number of hydrogen-bond donors (Lipinski definition) is 1. The number of hydrogen-bond acceptors (Lipinski definition) is 5. The van der Waals surface area contributed by atoms with Crippen molar-refractivity contribution in [3.05, 3.63) is 57.4 Å². The topological polar surface area (TPSA) is 64.6 Å². The number of ketones is 1. The third-order valence-corrected chi connectivity index (χ3v) is 5.54. The van der Waals surface area contributed by atoms with E-state index in [-0.39, 0.29) is 17.8 Å². The molecule has 1 aliphatic carbocycles. The van der Waals surface area contributed by atoms with Crippen LogP contribution < -0.4 is 5.32 Å². The fourth-order valence-electron chi connectivity index (χ4n) is 4.02. The first-order chi connectivity index (χ1) is 13.2. The highest BCUT2D eigenvalue weighted by molar-refractivity contribution is 6.31. The minimum absolute atomic E-state index is 0.0401. The van der Waals surface area contributed by atoms with E-state index in [1.165, 1.54) is 0 Å². The van der Waals surface area contributed by atoms with Crippen LogP contribution in [-0.4, -0.2) is 32.1 Å². The van der Waals surface area contributed by atoms with Crippen LogP contribution in [0.15, 0.2) is 46.8 Å². The predicted octanol–water partition coefficient (Wildman–Crippen LogP) is 4.13. The number of nitrogens with one attached hydrogen (secondary N) is 1. The van der Waals surface area contributed by atoms with Gasteiger partial charge in [-0.25, -0.2) is 4.79 Å². The number of Topliss-reactive ketones (excluding diaryl/α,β-unsaturated/α-hetero) is 1. The van der Waals surface area contributed by atoms with Crippen molar-refractivity contribution in [3.63, 3.8) is 0 Å². The van der Waals surface area contributed by atoms with Crippen LogP contribution in [0.2, 0.25) is 5.02 Å². The Morgan fingerprint density at radius 1 is 1.25 bits per heavy atom. The van der Waals surface area contributed by atoms with Crippen LogP contribution in [0.3, 0.4) is 0 Å². The normalized spacial score (nSPS) is 21.3. The summed E-state index contributed by atoms with van der Waals surface area (Å²) in [5, 5.41) is 3.83. The highest BCUT2D eigenvalue weighted by Crippen LogP contribution is 2.47. The summed E-state index contributed by atoms with van der Waals surface area (Å²) in [5.41, 5.74) is 3.22. The maximum atomic E-state index is 13.1. The SMILES string of the molecule is COCCOC(=O)C1=C(C)NC2=C(C(=O)CC(C)(C)C2)C1c1ccccc1Cl. The molecule has 0 saturated heterocycles. The van der Waals surface area contributed by atoms with Crippen molar-refractivity contribution in [2.24, 2.45) is 5.41 Å². The molecule has 0 radical (unpaired) electrons. The highest BCUT2D eigenvalue weighted by atomic mass is 35.5. The molecule has 0 aromatic heterocycles. The Balaban J connectivity index is 2.11. The third-order valence-electron chi connectivity index (χ3n) is 5.20. The van der Waals surface area contributed by atoms with Crippen LogP contribution in [0.25, 0.3) is 0 Å². The molecule has 150 valence electrons. The van der Waals surface area contributed by atoms with E-state index >= 15 is 0 Å². The molecular weight excluding hydrogens is 378 g/mol. The Labute approximate surface area is 170 Å². The van der Waals surface area contributed by atoms with E-state index in [1.54, 1.807) is 13.2 Å². The summed E-state index contributed by atoms with van der Waals surface area (Å²) in [5.74, 6) is -0.960. The van der Waals surface area contributed by atoms with Crippen LogP contribution in [-0.2, 0) is 19.1 Å². The number of carbonyl (C=O) groups excluding carboxylic acids is 2. The molecule has 6 heteroatoms. The van der Waals surface area contributed by atoms with Gasteiger partial charge in [-0.3, -0.25) is 4.79 Å². The molecule has 1 aromatic rings. The summed E-state index contributed by atoms with van der Waals surface area (Å²) in [4.78, 5) is 26.1. The maximum Gasteiger partial charge on any atom is 0.336 e. The average molecular weight is 404 g/mol. The van der Waals surface area contributed by atoms with Gasteiger partial charge in [0.1, 0.15) is 6.61 Å². The van der Waals surface area contributed by atoms with Gasteiger partial charge in [-0.2, -0.15) is 0 Å². The number of allylic oxidation sites excluding steroid dienone is 3. The molecule has 0 bridgehead atoms. The maximum absolute atomic E-state index is 13.1. The number of methoxy groups -OCH3 is 1. The third kappa shape index (κ3) is 4.01. The fraction of sp³-hybridized carbons (Fsp3) is 0.455. The van der Waals surface area contributed by atoms with Crippen molar-refractivity contribution in [2.45, 2.75) is 39.5 Å². The van der Waals surface area contributed by atoms with E-state index in [1.807, 2.05) is 25.1 Å². The molecule has 0 amide bonds. The number of halogens is 1. The van der Waals surface area contributed by atoms with Gasteiger partial charge >= 0.3 is 5.97 Å². The van der Waals surface area contributed by atoms with E-state index < -0.39 is 11.9 Å². The van der Waals surface area contributed by atoms with E-state index in [9.17, 15) is 9.59 Å². The van der Waals surface area contributed by atoms with Crippen LogP contribution in [0.4, 0.5) is 0 Å². The number of ether oxygens (including phenoxy) is 2. The van der Waals surface area contributed by atoms with E-state index in [0.717, 1.165) is 17.7 Å². The van der Waals surface area contributed by atoms with Crippen LogP contribution in [0.5, 0.6) is 0 Å². The van der Waals surface area contributed by atoms with Gasteiger partial charge in [-0.05, 0) is 30.4 Å². The molecule has 0 fully saturated rings. The molecule has 1 unspecified atom stereocenters. The number of carbonyl (C=O) groups is 2. The Bertz CT molecular complexity index is 869. The van der Waals surface area contributed by atoms with E-state index in [0.29, 0.717) is 34.9 Å². The van der Waals surface area contributed by atoms with Crippen LogP contribution in [0, 0.1) is 5.41 Å². The minimum atomic E-state index is -0.538. The van der Waals surface area contributed by atoms with Gasteiger partial charge in [0, 0.05) is 41.4 Å². The lowest BCUT2D eigenvalue weighted by Crippen LogP contribution is -2.38.